The Morgan fingerprint density at radius 1 is 1.07 bits per heavy atom. The van der Waals surface area contributed by atoms with Crippen LogP contribution in [0, 0.1) is 6.92 Å². The highest BCUT2D eigenvalue weighted by Gasteiger charge is 2.11. The average Bonchev–Trinajstić information content (AvgIpc) is 2.68. The van der Waals surface area contributed by atoms with E-state index in [1.165, 1.54) is 0 Å². The molecule has 1 aromatic carbocycles. The van der Waals surface area contributed by atoms with Crippen LogP contribution in [-0.4, -0.2) is 27.5 Å². The van der Waals surface area contributed by atoms with Gasteiger partial charge in [-0.05, 0) is 61.9 Å². The number of hydrogen-bond donors (Lipinski definition) is 2. The molecule has 7 nitrogen and oxygen atoms in total. The second-order valence-corrected chi connectivity index (χ2v) is 5.84. The van der Waals surface area contributed by atoms with Crippen molar-refractivity contribution in [2.24, 2.45) is 0 Å². The van der Waals surface area contributed by atoms with E-state index in [-0.39, 0.29) is 5.91 Å². The highest BCUT2D eigenvalue weighted by Crippen LogP contribution is 2.18. The lowest BCUT2D eigenvalue weighted by molar-refractivity contribution is 0.0945. The molecule has 0 aliphatic rings. The molecule has 0 saturated heterocycles. The van der Waals surface area contributed by atoms with Gasteiger partial charge in [0.25, 0.3) is 5.91 Å². The number of nitrogens with one attached hydrogen (secondary N) is 2. The standard InChI is InChI=1S/C20H21N5O2/c1-3-27-17-6-4-16(5-7-17)24-20-23-14(2)12-18(25-20)19(26)22-13-15-8-10-21-11-9-15/h4-12H,3,13H2,1-2H3,(H,22,26)(H,23,24,25). The molecule has 7 heteroatoms. The number of pyridine rings is 1. The zero-order valence-corrected chi connectivity index (χ0v) is 15.3. The fourth-order valence-corrected chi connectivity index (χ4v) is 2.44. The van der Waals surface area contributed by atoms with Crippen LogP contribution in [-0.2, 0) is 6.54 Å². The summed E-state index contributed by atoms with van der Waals surface area (Å²) in [5.41, 5.74) is 2.79. The minimum Gasteiger partial charge on any atom is -0.494 e. The highest BCUT2D eigenvalue weighted by atomic mass is 16.5. The number of nitrogens with zero attached hydrogens (tertiary/aromatic N) is 3. The van der Waals surface area contributed by atoms with Crippen LogP contribution in [0.3, 0.4) is 0 Å². The minimum absolute atomic E-state index is 0.257. The van der Waals surface area contributed by atoms with Crippen molar-refractivity contribution in [2.75, 3.05) is 11.9 Å². The molecular formula is C20H21N5O2. The van der Waals surface area contributed by atoms with E-state index < -0.39 is 0 Å². The molecule has 27 heavy (non-hydrogen) atoms. The van der Waals surface area contributed by atoms with Crippen molar-refractivity contribution in [3.8, 4) is 5.75 Å². The Hall–Kier alpha value is -3.48. The summed E-state index contributed by atoms with van der Waals surface area (Å²) in [6.45, 7) is 4.79. The normalized spacial score (nSPS) is 10.3. The van der Waals surface area contributed by atoms with Crippen LogP contribution in [0.5, 0.6) is 5.75 Å². The summed E-state index contributed by atoms with van der Waals surface area (Å²) < 4.78 is 5.43. The topological polar surface area (TPSA) is 89.0 Å². The van der Waals surface area contributed by atoms with Gasteiger partial charge in [0.2, 0.25) is 5.95 Å². The van der Waals surface area contributed by atoms with Gasteiger partial charge in [-0.15, -0.1) is 0 Å². The molecule has 3 aromatic rings. The molecule has 0 aliphatic heterocycles. The Morgan fingerprint density at radius 2 is 1.81 bits per heavy atom. The first-order chi connectivity index (χ1) is 13.1. The van der Waals surface area contributed by atoms with Crippen molar-refractivity contribution in [1.29, 1.82) is 0 Å². The Morgan fingerprint density at radius 3 is 2.52 bits per heavy atom. The van der Waals surface area contributed by atoms with Crippen LogP contribution in [0.15, 0.2) is 54.9 Å². The van der Waals surface area contributed by atoms with Gasteiger partial charge in [0.05, 0.1) is 6.61 Å². The number of aromatic nitrogens is 3. The Kier molecular flexibility index (Phi) is 5.94. The van der Waals surface area contributed by atoms with Gasteiger partial charge < -0.3 is 15.4 Å². The molecule has 0 atom stereocenters. The number of ether oxygens (including phenoxy) is 1. The second-order valence-electron chi connectivity index (χ2n) is 5.84. The first-order valence-electron chi connectivity index (χ1n) is 8.66. The maximum Gasteiger partial charge on any atom is 0.270 e. The van der Waals surface area contributed by atoms with Crippen molar-refractivity contribution < 1.29 is 9.53 Å². The first-order valence-corrected chi connectivity index (χ1v) is 8.66. The number of carbonyl (C=O) groups is 1. The second kappa shape index (κ2) is 8.75. The fourth-order valence-electron chi connectivity index (χ4n) is 2.44. The lowest BCUT2D eigenvalue weighted by Crippen LogP contribution is -2.24. The Labute approximate surface area is 157 Å². The van der Waals surface area contributed by atoms with Gasteiger partial charge >= 0.3 is 0 Å². The Bertz CT molecular complexity index is 898. The number of rotatable bonds is 7. The van der Waals surface area contributed by atoms with Gasteiger partial charge in [0.15, 0.2) is 0 Å². The van der Waals surface area contributed by atoms with Gasteiger partial charge in [-0.3, -0.25) is 9.78 Å². The molecule has 2 heterocycles. The van der Waals surface area contributed by atoms with Crippen LogP contribution < -0.4 is 15.4 Å². The van der Waals surface area contributed by atoms with E-state index in [0.29, 0.717) is 30.5 Å². The molecule has 0 aliphatic carbocycles. The fraction of sp³-hybridized carbons (Fsp3) is 0.200. The number of amides is 1. The lowest BCUT2D eigenvalue weighted by atomic mass is 10.2. The zero-order chi connectivity index (χ0) is 19.1. The van der Waals surface area contributed by atoms with E-state index in [1.807, 2.05) is 50.2 Å². The number of carbonyl (C=O) groups excluding carboxylic acids is 1. The maximum atomic E-state index is 12.4. The Balaban J connectivity index is 1.68. The number of aryl methyl sites for hydroxylation is 1. The van der Waals surface area contributed by atoms with Gasteiger partial charge in [0.1, 0.15) is 11.4 Å². The summed E-state index contributed by atoms with van der Waals surface area (Å²) in [6, 6.07) is 12.8. The highest BCUT2D eigenvalue weighted by molar-refractivity contribution is 5.92. The van der Waals surface area contributed by atoms with Crippen LogP contribution in [0.4, 0.5) is 11.6 Å². The largest absolute Gasteiger partial charge is 0.494 e. The lowest BCUT2D eigenvalue weighted by Gasteiger charge is -2.10. The molecule has 0 bridgehead atoms. The molecule has 0 saturated carbocycles. The van der Waals surface area contributed by atoms with Crippen LogP contribution >= 0.6 is 0 Å². The maximum absolute atomic E-state index is 12.4. The minimum atomic E-state index is -0.257. The van der Waals surface area contributed by atoms with Crippen LogP contribution in [0.2, 0.25) is 0 Å². The summed E-state index contributed by atoms with van der Waals surface area (Å²) in [5.74, 6) is 0.907. The van der Waals surface area contributed by atoms with Crippen molar-refractivity contribution >= 4 is 17.5 Å². The van der Waals surface area contributed by atoms with Crippen molar-refractivity contribution in [1.82, 2.24) is 20.3 Å². The van der Waals surface area contributed by atoms with E-state index in [1.54, 1.807) is 18.5 Å². The average molecular weight is 363 g/mol. The van der Waals surface area contributed by atoms with Crippen molar-refractivity contribution in [2.45, 2.75) is 20.4 Å². The summed E-state index contributed by atoms with van der Waals surface area (Å²) in [5, 5.41) is 5.97. The first kappa shape index (κ1) is 18.3. The van der Waals surface area contributed by atoms with Crippen molar-refractivity contribution in [3.63, 3.8) is 0 Å². The number of hydrogen-bond acceptors (Lipinski definition) is 6. The molecule has 2 aromatic heterocycles. The monoisotopic (exact) mass is 363 g/mol. The molecule has 2 N–H and O–H groups in total. The van der Waals surface area contributed by atoms with Crippen molar-refractivity contribution in [3.05, 3.63) is 71.8 Å². The van der Waals surface area contributed by atoms with Crippen LogP contribution in [0.1, 0.15) is 28.7 Å². The third-order valence-electron chi connectivity index (χ3n) is 3.71. The molecule has 3 rings (SSSR count). The molecule has 138 valence electrons. The summed E-state index contributed by atoms with van der Waals surface area (Å²) in [6.07, 6.45) is 3.38. The smallest absolute Gasteiger partial charge is 0.270 e. The molecule has 0 fully saturated rings. The van der Waals surface area contributed by atoms with E-state index in [4.69, 9.17) is 4.74 Å². The van der Waals surface area contributed by atoms with Gasteiger partial charge in [-0.2, -0.15) is 0 Å². The van der Waals surface area contributed by atoms with E-state index >= 15 is 0 Å². The molecule has 0 radical (unpaired) electrons. The molecule has 0 unspecified atom stereocenters. The van der Waals surface area contributed by atoms with E-state index in [2.05, 4.69) is 25.6 Å². The number of benzene rings is 1. The predicted molar refractivity (Wildman–Crippen MR) is 103 cm³/mol. The summed E-state index contributed by atoms with van der Waals surface area (Å²) >= 11 is 0. The summed E-state index contributed by atoms with van der Waals surface area (Å²) in [7, 11) is 0. The van der Waals surface area contributed by atoms with Crippen LogP contribution in [0.25, 0.3) is 0 Å². The molecular weight excluding hydrogens is 342 g/mol. The zero-order valence-electron chi connectivity index (χ0n) is 15.3. The van der Waals surface area contributed by atoms with Gasteiger partial charge in [-0.25, -0.2) is 9.97 Å². The van der Waals surface area contributed by atoms with Gasteiger partial charge in [0, 0.05) is 30.3 Å². The SMILES string of the molecule is CCOc1ccc(Nc2nc(C)cc(C(=O)NCc3ccncc3)n2)cc1. The molecule has 0 spiro atoms. The third-order valence-corrected chi connectivity index (χ3v) is 3.71. The van der Waals surface area contributed by atoms with E-state index in [0.717, 1.165) is 17.0 Å². The number of anilines is 2. The van der Waals surface area contributed by atoms with Gasteiger partial charge in [-0.1, -0.05) is 0 Å². The third kappa shape index (κ3) is 5.24. The molecule has 1 amide bonds. The predicted octanol–water partition coefficient (Wildman–Crippen LogP) is 3.25. The quantitative estimate of drug-likeness (QED) is 0.670. The van der Waals surface area contributed by atoms with E-state index in [9.17, 15) is 4.79 Å². The summed E-state index contributed by atoms with van der Waals surface area (Å²) in [4.78, 5) is 25.1.